The molecule has 1 aliphatic rings. The van der Waals surface area contributed by atoms with E-state index in [1.54, 1.807) is 6.07 Å². The van der Waals surface area contributed by atoms with Crippen LogP contribution in [0, 0.1) is 12.7 Å². The maximum atomic E-state index is 13.5. The zero-order valence-electron chi connectivity index (χ0n) is 10.7. The summed E-state index contributed by atoms with van der Waals surface area (Å²) in [5.41, 5.74) is 2.48. The van der Waals surface area contributed by atoms with Crippen molar-refractivity contribution in [1.82, 2.24) is 10.3 Å². The fourth-order valence-corrected chi connectivity index (χ4v) is 2.78. The summed E-state index contributed by atoms with van der Waals surface area (Å²) in [5, 5.41) is 4.72. The van der Waals surface area contributed by atoms with Crippen LogP contribution in [0.25, 0.3) is 10.9 Å². The second-order valence-corrected chi connectivity index (χ2v) is 5.14. The molecule has 2 aromatic rings. The number of nitrogens with zero attached hydrogens (tertiary/aromatic N) is 2. The number of nitrogens with one attached hydrogen (secondary N) is 1. The number of halogens is 2. The lowest BCUT2D eigenvalue weighted by atomic mass is 10.1. The molecule has 0 aliphatic carbocycles. The van der Waals surface area contributed by atoms with Gasteiger partial charge in [0.05, 0.1) is 21.9 Å². The Morgan fingerprint density at radius 1 is 1.32 bits per heavy atom. The number of pyridine rings is 1. The van der Waals surface area contributed by atoms with Crippen molar-refractivity contribution in [2.45, 2.75) is 6.92 Å². The van der Waals surface area contributed by atoms with E-state index in [0.717, 1.165) is 48.5 Å². The summed E-state index contributed by atoms with van der Waals surface area (Å²) < 4.78 is 13.5. The van der Waals surface area contributed by atoms with Crippen molar-refractivity contribution >= 4 is 28.2 Å². The minimum atomic E-state index is -0.259. The Labute approximate surface area is 116 Å². The molecule has 1 N–H and O–H groups in total. The van der Waals surface area contributed by atoms with Gasteiger partial charge in [0.25, 0.3) is 0 Å². The van der Waals surface area contributed by atoms with Gasteiger partial charge in [-0.3, -0.25) is 4.98 Å². The Bertz CT molecular complexity index is 624. The van der Waals surface area contributed by atoms with Gasteiger partial charge in [-0.1, -0.05) is 11.6 Å². The van der Waals surface area contributed by atoms with Crippen LogP contribution in [0.1, 0.15) is 5.69 Å². The first kappa shape index (κ1) is 12.6. The van der Waals surface area contributed by atoms with Crippen molar-refractivity contribution in [3.63, 3.8) is 0 Å². The average Bonchev–Trinajstić information content (AvgIpc) is 2.42. The van der Waals surface area contributed by atoms with Crippen LogP contribution in [0.15, 0.2) is 18.2 Å². The molecule has 0 amide bonds. The third kappa shape index (κ3) is 2.26. The fourth-order valence-electron chi connectivity index (χ4n) is 2.51. The van der Waals surface area contributed by atoms with Gasteiger partial charge in [0.15, 0.2) is 0 Å². The van der Waals surface area contributed by atoms with Gasteiger partial charge in [-0.2, -0.15) is 0 Å². The minimum Gasteiger partial charge on any atom is -0.367 e. The molecule has 0 saturated carbocycles. The fraction of sp³-hybridized carbons (Fsp3) is 0.357. The molecule has 1 aromatic carbocycles. The van der Waals surface area contributed by atoms with E-state index in [9.17, 15) is 4.39 Å². The molecule has 3 nitrogen and oxygen atoms in total. The summed E-state index contributed by atoms with van der Waals surface area (Å²) in [5.74, 6) is -0.259. The lowest BCUT2D eigenvalue weighted by Gasteiger charge is -2.31. The quantitative estimate of drug-likeness (QED) is 0.870. The highest BCUT2D eigenvalue weighted by Gasteiger charge is 2.19. The maximum Gasteiger partial charge on any atom is 0.124 e. The van der Waals surface area contributed by atoms with Crippen LogP contribution in [0.2, 0.25) is 5.02 Å². The molecule has 1 fully saturated rings. The van der Waals surface area contributed by atoms with Gasteiger partial charge < -0.3 is 10.2 Å². The Morgan fingerprint density at radius 3 is 2.79 bits per heavy atom. The molecule has 19 heavy (non-hydrogen) atoms. The molecule has 0 unspecified atom stereocenters. The average molecular weight is 280 g/mol. The molecule has 1 aliphatic heterocycles. The van der Waals surface area contributed by atoms with E-state index < -0.39 is 0 Å². The van der Waals surface area contributed by atoms with Gasteiger partial charge in [-0.05, 0) is 25.1 Å². The van der Waals surface area contributed by atoms with E-state index in [-0.39, 0.29) is 5.82 Å². The number of aryl methyl sites for hydroxylation is 1. The van der Waals surface area contributed by atoms with E-state index in [4.69, 9.17) is 11.6 Å². The van der Waals surface area contributed by atoms with Crippen molar-refractivity contribution < 1.29 is 4.39 Å². The zero-order chi connectivity index (χ0) is 13.4. The van der Waals surface area contributed by atoms with E-state index >= 15 is 0 Å². The summed E-state index contributed by atoms with van der Waals surface area (Å²) >= 11 is 6.41. The molecular formula is C14H15ClFN3. The first-order valence-electron chi connectivity index (χ1n) is 6.38. The third-order valence-electron chi connectivity index (χ3n) is 3.46. The van der Waals surface area contributed by atoms with Crippen molar-refractivity contribution in [1.29, 1.82) is 0 Å². The second kappa shape index (κ2) is 4.94. The molecule has 2 heterocycles. The minimum absolute atomic E-state index is 0.259. The number of benzene rings is 1. The van der Waals surface area contributed by atoms with E-state index in [1.807, 2.05) is 6.92 Å². The molecule has 0 bridgehead atoms. The molecule has 0 radical (unpaired) electrons. The standard InChI is InChI=1S/C14H15ClFN3/c1-9-13(15)14(19-6-4-17-5-7-19)11-8-10(16)2-3-12(11)18-9/h2-3,8,17H,4-7H2,1H3. The van der Waals surface area contributed by atoms with Crippen LogP contribution in [0.3, 0.4) is 0 Å². The molecular weight excluding hydrogens is 265 g/mol. The van der Waals surface area contributed by atoms with E-state index in [1.165, 1.54) is 12.1 Å². The summed E-state index contributed by atoms with van der Waals surface area (Å²) in [4.78, 5) is 6.63. The van der Waals surface area contributed by atoms with Gasteiger partial charge >= 0.3 is 0 Å². The number of hydrogen-bond acceptors (Lipinski definition) is 3. The number of fused-ring (bicyclic) bond motifs is 1. The number of rotatable bonds is 1. The molecule has 3 rings (SSSR count). The second-order valence-electron chi connectivity index (χ2n) is 4.76. The van der Waals surface area contributed by atoms with Crippen molar-refractivity contribution in [2.24, 2.45) is 0 Å². The topological polar surface area (TPSA) is 28.2 Å². The summed E-state index contributed by atoms with van der Waals surface area (Å²) in [6, 6.07) is 4.66. The Hall–Kier alpha value is -1.39. The normalized spacial score (nSPS) is 16.1. The summed E-state index contributed by atoms with van der Waals surface area (Å²) in [6.45, 7) is 5.45. The molecule has 0 atom stereocenters. The van der Waals surface area contributed by atoms with Crippen LogP contribution >= 0.6 is 11.6 Å². The molecule has 0 spiro atoms. The molecule has 5 heteroatoms. The summed E-state index contributed by atoms with van der Waals surface area (Å²) in [6.07, 6.45) is 0. The number of aromatic nitrogens is 1. The molecule has 1 saturated heterocycles. The predicted molar refractivity (Wildman–Crippen MR) is 76.5 cm³/mol. The van der Waals surface area contributed by atoms with Crippen LogP contribution in [0.5, 0.6) is 0 Å². The van der Waals surface area contributed by atoms with Gasteiger partial charge in [-0.15, -0.1) is 0 Å². The highest BCUT2D eigenvalue weighted by atomic mass is 35.5. The first-order chi connectivity index (χ1) is 9.16. The third-order valence-corrected chi connectivity index (χ3v) is 3.91. The highest BCUT2D eigenvalue weighted by Crippen LogP contribution is 2.35. The SMILES string of the molecule is Cc1nc2ccc(F)cc2c(N2CCNCC2)c1Cl. The van der Waals surface area contributed by atoms with Crippen LogP contribution in [-0.4, -0.2) is 31.2 Å². The Balaban J connectivity index is 2.24. The lowest BCUT2D eigenvalue weighted by Crippen LogP contribution is -2.43. The predicted octanol–water partition coefficient (Wildman–Crippen LogP) is 2.75. The van der Waals surface area contributed by atoms with E-state index in [2.05, 4.69) is 15.2 Å². The van der Waals surface area contributed by atoms with Crippen molar-refractivity contribution in [3.8, 4) is 0 Å². The maximum absolute atomic E-state index is 13.5. The van der Waals surface area contributed by atoms with Gasteiger partial charge in [0.1, 0.15) is 5.82 Å². The van der Waals surface area contributed by atoms with Gasteiger partial charge in [0.2, 0.25) is 0 Å². The van der Waals surface area contributed by atoms with Crippen LogP contribution in [0.4, 0.5) is 10.1 Å². The van der Waals surface area contributed by atoms with E-state index in [0.29, 0.717) is 5.02 Å². The number of anilines is 1. The zero-order valence-corrected chi connectivity index (χ0v) is 11.5. The van der Waals surface area contributed by atoms with Crippen LogP contribution in [-0.2, 0) is 0 Å². The number of hydrogen-bond donors (Lipinski definition) is 1. The molecule has 100 valence electrons. The van der Waals surface area contributed by atoms with Crippen molar-refractivity contribution in [2.75, 3.05) is 31.1 Å². The van der Waals surface area contributed by atoms with Gasteiger partial charge in [-0.25, -0.2) is 4.39 Å². The Morgan fingerprint density at radius 2 is 2.05 bits per heavy atom. The Kier molecular flexibility index (Phi) is 3.29. The monoisotopic (exact) mass is 279 g/mol. The first-order valence-corrected chi connectivity index (χ1v) is 6.75. The largest absolute Gasteiger partial charge is 0.367 e. The lowest BCUT2D eigenvalue weighted by molar-refractivity contribution is 0.590. The van der Waals surface area contributed by atoms with Gasteiger partial charge in [0, 0.05) is 31.6 Å². The van der Waals surface area contributed by atoms with Crippen LogP contribution < -0.4 is 10.2 Å². The smallest absolute Gasteiger partial charge is 0.124 e. The summed E-state index contributed by atoms with van der Waals surface area (Å²) in [7, 11) is 0. The van der Waals surface area contributed by atoms with Crippen molar-refractivity contribution in [3.05, 3.63) is 34.7 Å². The highest BCUT2D eigenvalue weighted by molar-refractivity contribution is 6.35. The number of piperazine rings is 1. The molecule has 1 aromatic heterocycles.